The van der Waals surface area contributed by atoms with Crippen LogP contribution in [0.1, 0.15) is 124 Å². The fraction of sp³-hybridized carbons (Fsp3) is 0.228. The number of nitrogens with zero attached hydrogens (tertiary/aromatic N) is 2. The minimum absolute atomic E-state index is 0.0312. The van der Waals surface area contributed by atoms with Crippen LogP contribution in [-0.2, 0) is 80.5 Å². The van der Waals surface area contributed by atoms with E-state index in [1.165, 1.54) is 32.1 Å². The van der Waals surface area contributed by atoms with E-state index in [2.05, 4.69) is 57.0 Å². The number of thioether (sulfide) groups is 4. The van der Waals surface area contributed by atoms with Crippen LogP contribution >= 0.6 is 47.0 Å². The summed E-state index contributed by atoms with van der Waals surface area (Å²) in [7, 11) is 3.69. The van der Waals surface area contributed by atoms with Gasteiger partial charge in [0.25, 0.3) is 32.8 Å². The smallest absolute Gasteiger partial charge is 0.286 e. The van der Waals surface area contributed by atoms with E-state index in [0.29, 0.717) is 69.3 Å². The first-order valence-corrected chi connectivity index (χ1v) is 45.1. The number of imide groups is 4. The predicted octanol–water partition coefficient (Wildman–Crippen LogP) is 19.5. The zero-order chi connectivity index (χ0) is 88.0. The van der Waals surface area contributed by atoms with Crippen molar-refractivity contribution in [3.63, 3.8) is 0 Å². The summed E-state index contributed by atoms with van der Waals surface area (Å²) < 4.78 is 0. The summed E-state index contributed by atoms with van der Waals surface area (Å²) in [5, 5.41) is 12.6. The number of hydrogen-bond acceptors (Lipinski definition) is 16. The van der Waals surface area contributed by atoms with Gasteiger partial charge in [-0.25, -0.2) is 0 Å². The molecule has 4 atom stereocenters. The molecule has 0 saturated carbocycles. The normalized spacial score (nSPS) is 15.6. The lowest BCUT2D eigenvalue weighted by molar-refractivity contribution is -0.130. The third kappa shape index (κ3) is 28.1. The Morgan fingerprint density at radius 3 is 1.10 bits per heavy atom. The van der Waals surface area contributed by atoms with Gasteiger partial charge in [0.05, 0.1) is 27.4 Å². The highest BCUT2D eigenvalue weighted by Gasteiger charge is 2.35. The van der Waals surface area contributed by atoms with Crippen molar-refractivity contribution in [3.8, 4) is 44.5 Å². The van der Waals surface area contributed by atoms with Gasteiger partial charge in [-0.05, 0) is 164 Å². The average Bonchev–Trinajstić information content (AvgIpc) is 1.66. The molecule has 0 aromatic heterocycles. The summed E-state index contributed by atoms with van der Waals surface area (Å²) in [5.41, 5.74) is 18.2. The van der Waals surface area contributed by atoms with Crippen molar-refractivity contribution in [1.82, 2.24) is 36.4 Å². The highest BCUT2D eigenvalue weighted by atomic mass is 32.2. The SMILES string of the molecule is CCCCCCCCCC(=O)N(C)Cc1cccc(-c2ccc(CC3SC(=O)NC3=O)cc2)c1.CN(Cc1ccccc1)C(=O)c1cccc(-c2ccc(CC3SC(=O)NC3=O)cc2)c1.O=C(Cc1ccccc1)Nc1cccc(-c2ccc(CC3SC(=O)NC3=O)cc2)c1.O=C1NC(=O)C(Cc2ccc(-c3cccc(C(=O)NCc4ccccc4)c3)cc2)S1. The molecule has 0 bridgehead atoms. The van der Waals surface area contributed by atoms with Gasteiger partial charge in [-0.15, -0.1) is 0 Å². The van der Waals surface area contributed by atoms with Crippen LogP contribution in [0.25, 0.3) is 44.5 Å². The Kier molecular flexibility index (Phi) is 33.7. The first-order chi connectivity index (χ1) is 60.6. The van der Waals surface area contributed by atoms with Crippen LogP contribution in [-0.4, -0.2) is 113 Å². The minimum atomic E-state index is -0.376. The van der Waals surface area contributed by atoms with Crippen molar-refractivity contribution >= 4 is 121 Å². The van der Waals surface area contributed by atoms with Crippen LogP contribution in [0, 0.1) is 0 Å². The maximum Gasteiger partial charge on any atom is 0.286 e. The van der Waals surface area contributed by atoms with Crippen LogP contribution in [0.5, 0.6) is 0 Å². The quantitative estimate of drug-likeness (QED) is 0.0220. The molecule has 6 N–H and O–H groups in total. The second-order valence-electron chi connectivity index (χ2n) is 30.7. The Hall–Kier alpha value is -12.7. The number of benzene rings is 11. The van der Waals surface area contributed by atoms with Crippen molar-refractivity contribution in [3.05, 3.63) is 341 Å². The van der Waals surface area contributed by atoms with Crippen molar-refractivity contribution in [2.75, 3.05) is 19.4 Å². The number of hydrogen-bond donors (Lipinski definition) is 6. The maximum absolute atomic E-state index is 12.9. The third-order valence-electron chi connectivity index (χ3n) is 21.2. The van der Waals surface area contributed by atoms with E-state index in [4.69, 9.17) is 0 Å². The van der Waals surface area contributed by atoms with Gasteiger partial charge in [0.2, 0.25) is 35.4 Å². The van der Waals surface area contributed by atoms with E-state index in [-0.39, 0.29) is 89.2 Å². The first-order valence-electron chi connectivity index (χ1n) is 41.6. The van der Waals surface area contributed by atoms with Gasteiger partial charge in [0.1, 0.15) is 0 Å². The Morgan fingerprint density at radius 2 is 0.680 bits per heavy atom. The van der Waals surface area contributed by atoms with Crippen molar-refractivity contribution < 1.29 is 57.5 Å². The molecule has 11 aromatic carbocycles. The standard InChI is InChI=1S/C28H36N2O3S.C25H22N2O3S.2C24H20N2O3S/c1-3-4-5-6-7-8-9-13-26(31)30(2)20-22-11-10-12-24(18-22)23-16-14-21(15-17-23)19-25-27(32)29-28(33)34-25;1-27(16-18-6-3-2-4-7-18)24(29)21-9-5-8-20(15-21)19-12-10-17(11-13-19)14-22-23(28)26-25(30)31-22;27-22(25-15-17-5-2-1-3-6-17)20-8-4-7-19(14-20)18-11-9-16(10-12-18)13-21-23(28)26-24(29)30-21;27-22(14-16-5-2-1-3-6-16)25-20-8-4-7-19(15-20)18-11-9-17(10-12-18)13-21-23(28)26-24(29)30-21/h10-12,14-18,25H,3-9,13,19-20H2,1-2H3,(H,29,32,33);2-13,15,22H,14,16H2,1H3,(H,26,28,30);1-12,14,21H,13,15H2,(H,25,27)(H,26,28,29);1-12,15,21H,13-14H2,(H,25,27)(H,26,28,29). The lowest BCUT2D eigenvalue weighted by Crippen LogP contribution is -2.26. The van der Waals surface area contributed by atoms with Crippen LogP contribution in [0.2, 0.25) is 0 Å². The number of amides is 12. The van der Waals surface area contributed by atoms with E-state index in [9.17, 15) is 57.5 Å². The van der Waals surface area contributed by atoms with Gasteiger partial charge in [-0.3, -0.25) is 78.8 Å². The molecule has 20 nitrogen and oxygen atoms in total. The molecule has 0 radical (unpaired) electrons. The molecule has 638 valence electrons. The van der Waals surface area contributed by atoms with Crippen molar-refractivity contribution in [2.24, 2.45) is 0 Å². The average molecular weight is 1740 g/mol. The van der Waals surface area contributed by atoms with E-state index in [1.54, 1.807) is 18.0 Å². The Morgan fingerprint density at radius 1 is 0.328 bits per heavy atom. The van der Waals surface area contributed by atoms with Gasteiger partial charge < -0.3 is 20.4 Å². The van der Waals surface area contributed by atoms with E-state index in [1.807, 2.05) is 273 Å². The van der Waals surface area contributed by atoms with Gasteiger partial charge in [0.15, 0.2) is 0 Å². The van der Waals surface area contributed by atoms with Crippen LogP contribution < -0.4 is 31.9 Å². The fourth-order valence-corrected chi connectivity index (χ4v) is 17.8. The molecule has 12 amide bonds. The van der Waals surface area contributed by atoms with Crippen LogP contribution in [0.3, 0.4) is 0 Å². The van der Waals surface area contributed by atoms with Crippen molar-refractivity contribution in [1.29, 1.82) is 0 Å². The van der Waals surface area contributed by atoms with Crippen molar-refractivity contribution in [2.45, 2.75) is 131 Å². The molecule has 4 aliphatic heterocycles. The topological polar surface area (TPSA) is 283 Å². The minimum Gasteiger partial charge on any atom is -0.348 e. The van der Waals surface area contributed by atoms with E-state index >= 15 is 0 Å². The van der Waals surface area contributed by atoms with Crippen LogP contribution in [0.15, 0.2) is 285 Å². The maximum atomic E-state index is 12.9. The molecule has 4 fully saturated rings. The summed E-state index contributed by atoms with van der Waals surface area (Å²) >= 11 is 4.16. The highest BCUT2D eigenvalue weighted by molar-refractivity contribution is 8.16. The van der Waals surface area contributed by atoms with E-state index in [0.717, 1.165) is 155 Å². The lowest BCUT2D eigenvalue weighted by Gasteiger charge is -2.18. The molecular weight excluding hydrogens is 1650 g/mol. The number of unbranched alkanes of at least 4 members (excludes halogenated alkanes) is 6. The molecule has 4 unspecified atom stereocenters. The molecule has 125 heavy (non-hydrogen) atoms. The summed E-state index contributed by atoms with van der Waals surface area (Å²) in [6.07, 6.45) is 11.5. The molecule has 24 heteroatoms. The predicted molar refractivity (Wildman–Crippen MR) is 500 cm³/mol. The number of rotatable bonds is 31. The molecule has 4 aliphatic rings. The molecule has 11 aromatic rings. The van der Waals surface area contributed by atoms with E-state index < -0.39 is 0 Å². The summed E-state index contributed by atoms with van der Waals surface area (Å²) in [4.78, 5) is 146. The lowest BCUT2D eigenvalue weighted by atomic mass is 10.00. The molecule has 4 saturated heterocycles. The van der Waals surface area contributed by atoms with Gasteiger partial charge in [-0.1, -0.05) is 335 Å². The number of anilines is 1. The van der Waals surface area contributed by atoms with Gasteiger partial charge in [0, 0.05) is 57.0 Å². The zero-order valence-electron chi connectivity index (χ0n) is 69.7. The first kappa shape index (κ1) is 91.5. The summed E-state index contributed by atoms with van der Waals surface area (Å²) in [6.45, 7) is 3.86. The largest absolute Gasteiger partial charge is 0.348 e. The third-order valence-corrected chi connectivity index (χ3v) is 25.1. The molecular formula is C101H98N8O12S4. The zero-order valence-corrected chi connectivity index (χ0v) is 73.0. The second kappa shape index (κ2) is 46.1. The Balaban J connectivity index is 0.000000152. The number of nitrogens with one attached hydrogen (secondary N) is 6. The fourth-order valence-electron chi connectivity index (χ4n) is 14.4. The monoisotopic (exact) mass is 1740 g/mol. The highest BCUT2D eigenvalue weighted by Crippen LogP contribution is 2.32. The molecule has 0 spiro atoms. The summed E-state index contributed by atoms with van der Waals surface area (Å²) in [5.74, 6) is -0.910. The van der Waals surface area contributed by atoms with Gasteiger partial charge >= 0.3 is 0 Å². The second-order valence-corrected chi connectivity index (χ2v) is 35.4. The van der Waals surface area contributed by atoms with Crippen LogP contribution in [0.4, 0.5) is 24.9 Å². The molecule has 0 aliphatic carbocycles. The number of carbonyl (C=O) groups is 12. The molecule has 4 heterocycles. The van der Waals surface area contributed by atoms with Gasteiger partial charge in [-0.2, -0.15) is 0 Å². The molecule has 15 rings (SSSR count). The Bertz CT molecular complexity index is 5630. The number of carbonyl (C=O) groups excluding carboxylic acids is 12. The summed E-state index contributed by atoms with van der Waals surface area (Å²) in [6, 6.07) is 92.1. The Labute approximate surface area is 745 Å².